The second-order valence-electron chi connectivity index (χ2n) is 5.66. The lowest BCUT2D eigenvalue weighted by molar-refractivity contribution is 0.0939. The summed E-state index contributed by atoms with van der Waals surface area (Å²) in [4.78, 5) is 12.1. The topological polar surface area (TPSA) is 64.3 Å². The highest BCUT2D eigenvalue weighted by Crippen LogP contribution is 2.19. The zero-order chi connectivity index (χ0) is 15.2. The van der Waals surface area contributed by atoms with Crippen LogP contribution in [0.1, 0.15) is 36.7 Å². The first-order valence-electron chi connectivity index (χ1n) is 6.52. The van der Waals surface area contributed by atoms with E-state index < -0.39 is 0 Å². The molecule has 0 saturated carbocycles. The van der Waals surface area contributed by atoms with E-state index in [4.69, 9.17) is 10.5 Å². The standard InChI is InChI=1S/C16H22N2O2/c1-16(2,3)11-18-15(19)13-7-8-14(20-4)12(10-13)6-5-9-17/h7-8,10H,9,11,17H2,1-4H3,(H,18,19). The van der Waals surface area contributed by atoms with Crippen LogP contribution < -0.4 is 15.8 Å². The molecule has 0 unspecified atom stereocenters. The molecule has 0 fully saturated rings. The maximum absolute atomic E-state index is 12.1. The van der Waals surface area contributed by atoms with Gasteiger partial charge in [0.2, 0.25) is 0 Å². The summed E-state index contributed by atoms with van der Waals surface area (Å²) in [5.41, 5.74) is 6.65. The molecule has 0 heterocycles. The zero-order valence-corrected chi connectivity index (χ0v) is 12.5. The van der Waals surface area contributed by atoms with E-state index in [0.29, 0.717) is 23.4 Å². The van der Waals surface area contributed by atoms with Crippen molar-refractivity contribution in [2.75, 3.05) is 20.2 Å². The van der Waals surface area contributed by atoms with E-state index in [1.165, 1.54) is 0 Å². The summed E-state index contributed by atoms with van der Waals surface area (Å²) in [7, 11) is 1.57. The second-order valence-corrected chi connectivity index (χ2v) is 5.66. The lowest BCUT2D eigenvalue weighted by Crippen LogP contribution is -2.32. The minimum Gasteiger partial charge on any atom is -0.495 e. The number of benzene rings is 1. The molecule has 108 valence electrons. The summed E-state index contributed by atoms with van der Waals surface area (Å²) < 4.78 is 5.22. The third kappa shape index (κ3) is 4.94. The Morgan fingerprint density at radius 3 is 2.65 bits per heavy atom. The first-order chi connectivity index (χ1) is 9.37. The van der Waals surface area contributed by atoms with Crippen LogP contribution in [-0.2, 0) is 0 Å². The van der Waals surface area contributed by atoms with E-state index in [-0.39, 0.29) is 17.9 Å². The molecule has 0 aliphatic rings. The van der Waals surface area contributed by atoms with Crippen molar-refractivity contribution in [3.05, 3.63) is 29.3 Å². The molecule has 4 heteroatoms. The molecule has 1 aromatic carbocycles. The number of carbonyl (C=O) groups excluding carboxylic acids is 1. The minimum absolute atomic E-state index is 0.0459. The fourth-order valence-corrected chi connectivity index (χ4v) is 1.54. The number of amides is 1. The Labute approximate surface area is 120 Å². The first-order valence-corrected chi connectivity index (χ1v) is 6.52. The number of methoxy groups -OCH3 is 1. The summed E-state index contributed by atoms with van der Waals surface area (Å²) in [6, 6.07) is 5.19. The van der Waals surface area contributed by atoms with Crippen LogP contribution in [0.2, 0.25) is 0 Å². The number of nitrogens with one attached hydrogen (secondary N) is 1. The van der Waals surface area contributed by atoms with Crippen molar-refractivity contribution in [2.45, 2.75) is 20.8 Å². The van der Waals surface area contributed by atoms with Crippen LogP contribution in [0.15, 0.2) is 18.2 Å². The maximum atomic E-state index is 12.1. The zero-order valence-electron chi connectivity index (χ0n) is 12.5. The maximum Gasteiger partial charge on any atom is 0.251 e. The second kappa shape index (κ2) is 6.97. The molecule has 1 amide bonds. The van der Waals surface area contributed by atoms with Crippen LogP contribution in [-0.4, -0.2) is 26.1 Å². The normalized spacial score (nSPS) is 10.4. The monoisotopic (exact) mass is 274 g/mol. The largest absolute Gasteiger partial charge is 0.495 e. The predicted molar refractivity (Wildman–Crippen MR) is 80.7 cm³/mol. The van der Waals surface area contributed by atoms with Gasteiger partial charge >= 0.3 is 0 Å². The number of carbonyl (C=O) groups is 1. The Morgan fingerprint density at radius 2 is 2.10 bits per heavy atom. The van der Waals surface area contributed by atoms with Gasteiger partial charge in [0.05, 0.1) is 19.2 Å². The number of rotatable bonds is 3. The van der Waals surface area contributed by atoms with Crippen LogP contribution in [0.25, 0.3) is 0 Å². The van der Waals surface area contributed by atoms with Crippen molar-refractivity contribution in [1.29, 1.82) is 0 Å². The van der Waals surface area contributed by atoms with Crippen LogP contribution in [0, 0.1) is 17.3 Å². The molecule has 0 atom stereocenters. The molecule has 0 saturated heterocycles. The van der Waals surface area contributed by atoms with Gasteiger partial charge in [-0.3, -0.25) is 4.79 Å². The van der Waals surface area contributed by atoms with Gasteiger partial charge in [0.1, 0.15) is 5.75 Å². The average Bonchev–Trinajstić information content (AvgIpc) is 2.41. The molecule has 4 nitrogen and oxygen atoms in total. The highest BCUT2D eigenvalue weighted by atomic mass is 16.5. The van der Waals surface area contributed by atoms with Crippen molar-refractivity contribution in [3.63, 3.8) is 0 Å². The van der Waals surface area contributed by atoms with Gasteiger partial charge in [-0.1, -0.05) is 32.6 Å². The first kappa shape index (κ1) is 16.1. The van der Waals surface area contributed by atoms with E-state index >= 15 is 0 Å². The van der Waals surface area contributed by atoms with Crippen molar-refractivity contribution in [3.8, 4) is 17.6 Å². The van der Waals surface area contributed by atoms with Crippen LogP contribution in [0.4, 0.5) is 0 Å². The van der Waals surface area contributed by atoms with Crippen molar-refractivity contribution >= 4 is 5.91 Å². The summed E-state index contributed by atoms with van der Waals surface area (Å²) in [6.07, 6.45) is 0. The molecule has 20 heavy (non-hydrogen) atoms. The van der Waals surface area contributed by atoms with E-state index in [9.17, 15) is 4.79 Å². The van der Waals surface area contributed by atoms with Gasteiger partial charge in [-0.2, -0.15) is 0 Å². The van der Waals surface area contributed by atoms with Gasteiger partial charge in [0.25, 0.3) is 5.91 Å². The highest BCUT2D eigenvalue weighted by Gasteiger charge is 2.14. The molecule has 0 aromatic heterocycles. The van der Waals surface area contributed by atoms with Gasteiger partial charge in [-0.15, -0.1) is 0 Å². The summed E-state index contributed by atoms with van der Waals surface area (Å²) in [5.74, 6) is 6.20. The van der Waals surface area contributed by atoms with Crippen LogP contribution in [0.3, 0.4) is 0 Å². The summed E-state index contributed by atoms with van der Waals surface area (Å²) >= 11 is 0. The van der Waals surface area contributed by atoms with Gasteiger partial charge in [-0.05, 0) is 23.6 Å². The van der Waals surface area contributed by atoms with E-state index in [2.05, 4.69) is 37.9 Å². The molecule has 0 aliphatic heterocycles. The van der Waals surface area contributed by atoms with Gasteiger partial charge in [0.15, 0.2) is 0 Å². The van der Waals surface area contributed by atoms with Crippen molar-refractivity contribution in [1.82, 2.24) is 5.32 Å². The number of hydrogen-bond donors (Lipinski definition) is 2. The Morgan fingerprint density at radius 1 is 1.40 bits per heavy atom. The lowest BCUT2D eigenvalue weighted by Gasteiger charge is -2.18. The van der Waals surface area contributed by atoms with Crippen LogP contribution >= 0.6 is 0 Å². The minimum atomic E-state index is -0.113. The van der Waals surface area contributed by atoms with Crippen molar-refractivity contribution in [2.24, 2.45) is 11.1 Å². The molecule has 0 radical (unpaired) electrons. The quantitative estimate of drug-likeness (QED) is 0.826. The summed E-state index contributed by atoms with van der Waals surface area (Å²) in [6.45, 7) is 7.09. The third-order valence-corrected chi connectivity index (χ3v) is 2.57. The van der Waals surface area contributed by atoms with E-state index in [1.807, 2.05) is 0 Å². The number of nitrogens with two attached hydrogens (primary N) is 1. The molecule has 1 rings (SSSR count). The predicted octanol–water partition coefficient (Wildman–Crippen LogP) is 1.78. The van der Waals surface area contributed by atoms with Gasteiger partial charge < -0.3 is 15.8 Å². The van der Waals surface area contributed by atoms with E-state index in [1.54, 1.807) is 25.3 Å². The lowest BCUT2D eigenvalue weighted by atomic mass is 9.97. The Hall–Kier alpha value is -1.99. The molecular weight excluding hydrogens is 252 g/mol. The number of ether oxygens (including phenoxy) is 1. The number of hydrogen-bond acceptors (Lipinski definition) is 3. The Bertz CT molecular complexity index is 534. The molecule has 1 aromatic rings. The third-order valence-electron chi connectivity index (χ3n) is 2.57. The smallest absolute Gasteiger partial charge is 0.251 e. The molecular formula is C16H22N2O2. The molecule has 0 aliphatic carbocycles. The van der Waals surface area contributed by atoms with Crippen LogP contribution in [0.5, 0.6) is 5.75 Å². The van der Waals surface area contributed by atoms with Gasteiger partial charge in [0, 0.05) is 12.1 Å². The SMILES string of the molecule is COc1ccc(C(=O)NCC(C)(C)C)cc1C#CCN. The molecule has 0 bridgehead atoms. The fraction of sp³-hybridized carbons (Fsp3) is 0.438. The highest BCUT2D eigenvalue weighted by molar-refractivity contribution is 5.94. The van der Waals surface area contributed by atoms with E-state index in [0.717, 1.165) is 0 Å². The van der Waals surface area contributed by atoms with Crippen molar-refractivity contribution < 1.29 is 9.53 Å². The molecule has 3 N–H and O–H groups in total. The summed E-state index contributed by atoms with van der Waals surface area (Å²) in [5, 5.41) is 2.91. The molecule has 0 spiro atoms. The Kier molecular flexibility index (Phi) is 5.60. The van der Waals surface area contributed by atoms with Gasteiger partial charge in [-0.25, -0.2) is 0 Å². The Balaban J connectivity index is 2.93. The average molecular weight is 274 g/mol. The fourth-order valence-electron chi connectivity index (χ4n) is 1.54.